The van der Waals surface area contributed by atoms with Gasteiger partial charge in [-0.05, 0) is 228 Å². The Hall–Kier alpha value is -11.6. The van der Waals surface area contributed by atoms with Gasteiger partial charge in [0.1, 0.15) is 23.9 Å². The number of benzene rings is 9. The summed E-state index contributed by atoms with van der Waals surface area (Å²) in [4.78, 5) is 39.2. The van der Waals surface area contributed by atoms with Crippen molar-refractivity contribution in [1.82, 2.24) is 60.9 Å². The number of sulfone groups is 1. The molecule has 5 unspecified atom stereocenters. The standard InChI is InChI=1S/C25H29N3OS.C23H24ClN3O4S.C22H20N2O2.C18H18N2O.C15H13ClN2S/c1-29-19-13-11-17(12-14-19)24-23-21(20-9-5-6-10-22(20)27-23)15-16-28(24)25(30)26-18-7-3-2-4-8-18;1-32(29,30)17-5-2-15(3-6-17)22-21-18(19-14-16(24)4-7-20(19)25-21)8-9-27(22)23(28)26-10-12-31-13-11-26;1-2-4-15(5-3-1)13-26-17-6-7-20-19(12-17)18-8-10-23-21(22(18)24-20)16-9-11-25-14-16;1-21-13-8-6-12(7-9-13)17-18-15(10-11-19-17)14-4-2-3-5-16(14)20-18;16-9-3-4-12-11(8-9)10-5-6-17-15(14(10)18-12)13-2-1-7-19-13/h5-6,9-14,18,24,27H,2-4,7-8,15-16H2,1H3,(H,26,30);2-7,14,22,25H,8-13H2,1H3;1-7,9,11-12,14,21,23-24H,8,10,13H2;2-9,17,19-20H,10-11H2,1H3;1-4,7-8,15,17-18H,5-6H2. The van der Waals surface area contributed by atoms with Gasteiger partial charge in [-0.25, -0.2) is 13.2 Å². The Morgan fingerprint density at radius 2 is 0.961 bits per heavy atom. The number of hydrogen-bond acceptors (Lipinski definition) is 13. The third-order valence-corrected chi connectivity index (χ3v) is 28.9. The van der Waals surface area contributed by atoms with Gasteiger partial charge in [0, 0.05) is 162 Å². The SMILES string of the molecule is COc1ccc(C2NCCc3c2[nH]c2ccccc32)cc1.COc1ccc(C2c3[nH]c4ccccc4c3CCN2C(=S)NC2CCCCC2)cc1.CS(=O)(=O)c1ccc(C2c3[nH]c4ccc(Cl)cc4c3CCN2C(=O)N2CCOCC2)cc1.Clc1ccc2[nH]c3c(c2c1)CCNC3c1cccs1.c1ccc(COc2ccc3[nH]c4c(c3c2)CCNC4c2ccoc2)cc1. The van der Waals surface area contributed by atoms with Crippen molar-refractivity contribution in [1.29, 1.82) is 0 Å². The predicted octanol–water partition coefficient (Wildman–Crippen LogP) is 21.1. The van der Waals surface area contributed by atoms with Crippen molar-refractivity contribution in [2.75, 3.05) is 79.5 Å². The lowest BCUT2D eigenvalue weighted by Crippen LogP contribution is -2.51. The van der Waals surface area contributed by atoms with Gasteiger partial charge in [0.05, 0.1) is 75.1 Å². The summed E-state index contributed by atoms with van der Waals surface area (Å²) in [5, 5.41) is 25.2. The molecule has 1 aliphatic carbocycles. The predicted molar refractivity (Wildman–Crippen MR) is 516 cm³/mol. The third kappa shape index (κ3) is 18.2. The Bertz CT molecular complexity index is 6700. The summed E-state index contributed by atoms with van der Waals surface area (Å²) in [6.45, 7) is 7.20. The summed E-state index contributed by atoms with van der Waals surface area (Å²) in [5.41, 5.74) is 24.2. The molecule has 20 nitrogen and oxygen atoms in total. The number of halogens is 2. The summed E-state index contributed by atoms with van der Waals surface area (Å²) in [7, 11) is 0.0991. The lowest BCUT2D eigenvalue weighted by atomic mass is 9.92. The normalized spacial score (nSPS) is 18.4. The van der Waals surface area contributed by atoms with Crippen molar-refractivity contribution < 1.29 is 36.6 Å². The summed E-state index contributed by atoms with van der Waals surface area (Å²) in [6.07, 6.45) is 16.0. The third-order valence-electron chi connectivity index (χ3n) is 26.0. The second-order valence-corrected chi connectivity index (χ2v) is 38.0. The van der Waals surface area contributed by atoms with Crippen LogP contribution in [0.5, 0.6) is 17.2 Å². The molecule has 23 rings (SSSR count). The first-order valence-corrected chi connectivity index (χ1v) is 48.2. The number of furan rings is 1. The molecule has 7 aliphatic rings. The smallest absolute Gasteiger partial charge is 0.321 e. The van der Waals surface area contributed by atoms with Crippen molar-refractivity contribution >= 4 is 122 Å². The zero-order chi connectivity index (χ0) is 87.4. The second-order valence-electron chi connectivity index (χ2n) is 33.8. The molecule has 1 saturated heterocycles. The molecule has 0 bridgehead atoms. The monoisotopic (exact) mass is 1800 g/mol. The van der Waals surface area contributed by atoms with E-state index in [1.54, 1.807) is 56.1 Å². The molecule has 6 aliphatic heterocycles. The van der Waals surface area contributed by atoms with Crippen molar-refractivity contribution in [2.45, 2.75) is 112 Å². The highest BCUT2D eigenvalue weighted by atomic mass is 35.5. The van der Waals surface area contributed by atoms with Crippen LogP contribution in [0.4, 0.5) is 4.79 Å². The number of nitrogens with zero attached hydrogens (tertiary/aromatic N) is 3. The van der Waals surface area contributed by atoms with Crippen LogP contribution in [0.15, 0.2) is 252 Å². The van der Waals surface area contributed by atoms with Crippen LogP contribution in [0, 0.1) is 0 Å². The fourth-order valence-electron chi connectivity index (χ4n) is 19.7. The number of morpholine rings is 1. The summed E-state index contributed by atoms with van der Waals surface area (Å²) < 4.78 is 51.2. The quantitative estimate of drug-likeness (QED) is 0.0518. The topological polar surface area (TPSA) is 238 Å². The number of carbonyl (C=O) groups excluding carboxylic acids is 1. The molecule has 9 N–H and O–H groups in total. The van der Waals surface area contributed by atoms with E-state index in [1.807, 2.05) is 94.9 Å². The Kier molecular flexibility index (Phi) is 25.7. The number of urea groups is 1. The lowest BCUT2D eigenvalue weighted by molar-refractivity contribution is 0.0398. The number of thiocarbonyl (C=S) groups is 1. The summed E-state index contributed by atoms with van der Waals surface area (Å²) in [6, 6.07) is 76.3. The Balaban J connectivity index is 0.000000105. The average molecular weight is 1810 g/mol. The van der Waals surface area contributed by atoms with Gasteiger partial charge in [-0.2, -0.15) is 0 Å². The molecule has 656 valence electrons. The van der Waals surface area contributed by atoms with E-state index < -0.39 is 9.84 Å². The van der Waals surface area contributed by atoms with Gasteiger partial charge in [-0.15, -0.1) is 11.3 Å². The van der Waals surface area contributed by atoms with Gasteiger partial charge in [0.25, 0.3) is 0 Å². The van der Waals surface area contributed by atoms with Crippen molar-refractivity contribution in [3.8, 4) is 17.2 Å². The number of nitrogens with one attached hydrogen (secondary N) is 9. The molecule has 128 heavy (non-hydrogen) atoms. The van der Waals surface area contributed by atoms with E-state index in [1.165, 1.54) is 143 Å². The van der Waals surface area contributed by atoms with Crippen LogP contribution in [0.2, 0.25) is 10.0 Å². The van der Waals surface area contributed by atoms with Gasteiger partial charge < -0.3 is 84.3 Å². The van der Waals surface area contributed by atoms with E-state index in [0.717, 1.165) is 118 Å². The first kappa shape index (κ1) is 85.8. The highest BCUT2D eigenvalue weighted by Crippen LogP contribution is 2.45. The maximum atomic E-state index is 13.5. The van der Waals surface area contributed by atoms with Crippen molar-refractivity contribution in [3.05, 3.63) is 341 Å². The number of aromatic amines is 5. The zero-order valence-electron chi connectivity index (χ0n) is 71.8. The Labute approximate surface area is 764 Å². The van der Waals surface area contributed by atoms with Crippen LogP contribution in [-0.4, -0.2) is 145 Å². The minimum atomic E-state index is -3.31. The molecule has 0 radical (unpaired) electrons. The second kappa shape index (κ2) is 38.4. The number of H-pyrrole nitrogens is 5. The molecule has 25 heteroatoms. The lowest BCUT2D eigenvalue weighted by Gasteiger charge is -2.40. The van der Waals surface area contributed by atoms with Crippen LogP contribution in [0.1, 0.15) is 151 Å². The molecule has 2 fully saturated rings. The van der Waals surface area contributed by atoms with Crippen LogP contribution in [0.25, 0.3) is 54.5 Å². The van der Waals surface area contributed by atoms with E-state index in [2.05, 4.69) is 178 Å². The maximum absolute atomic E-state index is 13.5. The Morgan fingerprint density at radius 1 is 0.484 bits per heavy atom. The fourth-order valence-corrected chi connectivity index (χ4v) is 21.8. The number of hydrogen-bond donors (Lipinski definition) is 9. The number of amides is 2. The van der Waals surface area contributed by atoms with Gasteiger partial charge in [0.2, 0.25) is 0 Å². The summed E-state index contributed by atoms with van der Waals surface area (Å²) in [5.74, 6) is 2.67. The first-order chi connectivity index (χ1) is 62.6. The van der Waals surface area contributed by atoms with Crippen LogP contribution >= 0.6 is 46.8 Å². The van der Waals surface area contributed by atoms with Gasteiger partial charge in [-0.3, -0.25) is 0 Å². The number of fused-ring (bicyclic) bond motifs is 15. The summed E-state index contributed by atoms with van der Waals surface area (Å²) >= 11 is 20.1. The molecule has 9 aromatic carbocycles. The number of aromatic nitrogens is 5. The van der Waals surface area contributed by atoms with E-state index in [-0.39, 0.29) is 41.1 Å². The first-order valence-electron chi connectivity index (χ1n) is 44.3. The largest absolute Gasteiger partial charge is 0.497 e. The van der Waals surface area contributed by atoms with E-state index in [9.17, 15) is 13.2 Å². The number of rotatable bonds is 12. The molecule has 0 spiro atoms. The zero-order valence-corrected chi connectivity index (χ0v) is 75.7. The van der Waals surface area contributed by atoms with Crippen LogP contribution < -0.4 is 35.5 Å². The van der Waals surface area contributed by atoms with Gasteiger partial charge in [0.15, 0.2) is 14.9 Å². The number of methoxy groups -OCH3 is 2. The Morgan fingerprint density at radius 3 is 1.52 bits per heavy atom. The maximum Gasteiger partial charge on any atom is 0.321 e. The van der Waals surface area contributed by atoms with Crippen molar-refractivity contribution in [3.63, 3.8) is 0 Å². The van der Waals surface area contributed by atoms with E-state index in [0.29, 0.717) is 56.9 Å². The highest BCUT2D eigenvalue weighted by Gasteiger charge is 2.39. The number of ether oxygens (including phenoxy) is 4. The number of carbonyl (C=O) groups is 1. The molecule has 16 aromatic rings. The number of thiophene rings is 1. The molecule has 5 atom stereocenters. The minimum Gasteiger partial charge on any atom is -0.497 e. The van der Waals surface area contributed by atoms with Crippen molar-refractivity contribution in [2.24, 2.45) is 0 Å². The molecular weight excluding hydrogens is 1700 g/mol. The minimum absolute atomic E-state index is 0.0344. The molecular formula is C103H104Cl2N12O8S3. The van der Waals surface area contributed by atoms with E-state index in [4.69, 9.17) is 58.8 Å². The van der Waals surface area contributed by atoms with Crippen LogP contribution in [0.3, 0.4) is 0 Å². The average Bonchev–Trinajstić information content (AvgIpc) is 1.59. The van der Waals surface area contributed by atoms with Crippen LogP contribution in [-0.2, 0) is 53.3 Å². The highest BCUT2D eigenvalue weighted by molar-refractivity contribution is 7.90. The molecule has 7 aromatic heterocycles. The van der Waals surface area contributed by atoms with E-state index >= 15 is 0 Å². The van der Waals surface area contributed by atoms with Gasteiger partial charge >= 0.3 is 6.03 Å². The molecule has 2 amide bonds. The molecule has 13 heterocycles. The number of para-hydroxylation sites is 2. The van der Waals surface area contributed by atoms with Gasteiger partial charge in [-0.1, -0.05) is 152 Å². The molecule has 1 saturated carbocycles. The fraction of sp³-hybridized carbons (Fsp3) is 0.282.